The lowest BCUT2D eigenvalue weighted by Gasteiger charge is -2.31. The molecule has 156 valence electrons. The molecule has 0 aliphatic carbocycles. The summed E-state index contributed by atoms with van der Waals surface area (Å²) in [5.41, 5.74) is 4.20. The fraction of sp³-hybridized carbons (Fsp3) is 0.0323. The van der Waals surface area contributed by atoms with E-state index in [-0.39, 0.29) is 0 Å². The normalized spacial score (nSPS) is 13.8. The summed E-state index contributed by atoms with van der Waals surface area (Å²) in [4.78, 5) is 0. The summed E-state index contributed by atoms with van der Waals surface area (Å²) >= 11 is 1.96. The van der Waals surface area contributed by atoms with Gasteiger partial charge in [-0.2, -0.15) is 0 Å². The molecule has 0 saturated carbocycles. The van der Waals surface area contributed by atoms with Crippen LogP contribution in [-0.4, -0.2) is 8.07 Å². The van der Waals surface area contributed by atoms with Crippen LogP contribution in [-0.2, 0) is 0 Å². The van der Waals surface area contributed by atoms with Crippen LogP contribution in [0.25, 0.3) is 31.3 Å². The van der Waals surface area contributed by atoms with Gasteiger partial charge in [0, 0.05) is 20.2 Å². The predicted octanol–water partition coefficient (Wildman–Crippen LogP) is 5.72. The van der Waals surface area contributed by atoms with Gasteiger partial charge in [-0.1, -0.05) is 109 Å². The Bertz CT molecular complexity index is 1620. The molecule has 0 radical (unpaired) electrons. The third kappa shape index (κ3) is 2.51. The van der Waals surface area contributed by atoms with Gasteiger partial charge in [0.1, 0.15) is 0 Å². The second-order valence-electron chi connectivity index (χ2n) is 8.99. The van der Waals surface area contributed by atoms with Crippen molar-refractivity contribution in [1.29, 1.82) is 0 Å². The molecule has 0 N–H and O–H groups in total. The van der Waals surface area contributed by atoms with Gasteiger partial charge in [0.15, 0.2) is 8.07 Å². The molecule has 2 heterocycles. The van der Waals surface area contributed by atoms with E-state index < -0.39 is 8.07 Å². The third-order valence-electron chi connectivity index (χ3n) is 7.22. The van der Waals surface area contributed by atoms with E-state index in [9.17, 15) is 0 Å². The smallest absolute Gasteiger partial charge is 0.135 e. The van der Waals surface area contributed by atoms with Gasteiger partial charge in [-0.3, -0.25) is 0 Å². The van der Waals surface area contributed by atoms with Gasteiger partial charge in [-0.25, -0.2) is 0 Å². The summed E-state index contributed by atoms with van der Waals surface area (Å²) in [6, 6.07) is 43.4. The monoisotopic (exact) mass is 454 g/mol. The van der Waals surface area contributed by atoms with Crippen LogP contribution in [0.5, 0.6) is 0 Å². The first-order chi connectivity index (χ1) is 16.3. The molecule has 5 aromatic carbocycles. The highest BCUT2D eigenvalue weighted by Gasteiger charge is 2.49. The fourth-order valence-corrected chi connectivity index (χ4v) is 12.5. The Morgan fingerprint density at radius 2 is 1.21 bits per heavy atom. The van der Waals surface area contributed by atoms with Crippen LogP contribution in [0.2, 0.25) is 0 Å². The molecule has 1 aromatic heterocycles. The van der Waals surface area contributed by atoms with Crippen molar-refractivity contribution in [2.45, 2.75) is 6.92 Å². The molecule has 1 aliphatic heterocycles. The maximum atomic E-state index is 2.45. The van der Waals surface area contributed by atoms with E-state index in [4.69, 9.17) is 0 Å². The summed E-state index contributed by atoms with van der Waals surface area (Å²) in [7, 11) is -2.40. The third-order valence-corrected chi connectivity index (χ3v) is 13.3. The summed E-state index contributed by atoms with van der Waals surface area (Å²) in [6.45, 7) is 2.19. The average molecular weight is 455 g/mol. The summed E-state index contributed by atoms with van der Waals surface area (Å²) in [5.74, 6) is 0. The lowest BCUT2D eigenvalue weighted by atomic mass is 10.0. The Hall–Kier alpha value is -3.46. The number of fused-ring (bicyclic) bond motifs is 7. The van der Waals surface area contributed by atoms with Crippen molar-refractivity contribution in [3.8, 4) is 11.1 Å². The summed E-state index contributed by atoms with van der Waals surface area (Å²) in [5, 5.41) is 8.71. The molecule has 0 amide bonds. The molecule has 0 fully saturated rings. The van der Waals surface area contributed by atoms with Gasteiger partial charge >= 0.3 is 0 Å². The van der Waals surface area contributed by atoms with E-state index in [0.717, 1.165) is 0 Å². The van der Waals surface area contributed by atoms with E-state index in [1.807, 2.05) is 11.3 Å². The Balaban J connectivity index is 1.69. The van der Waals surface area contributed by atoms with Crippen LogP contribution in [0, 0.1) is 6.92 Å². The Kier molecular flexibility index (Phi) is 4.05. The first kappa shape index (κ1) is 19.0. The molecule has 0 bridgehead atoms. The minimum atomic E-state index is -2.40. The van der Waals surface area contributed by atoms with Crippen LogP contribution in [0.3, 0.4) is 0 Å². The largest absolute Gasteiger partial charge is 0.180 e. The molecule has 6 aromatic rings. The molecule has 0 nitrogen and oxygen atoms in total. The van der Waals surface area contributed by atoms with E-state index >= 15 is 0 Å². The van der Waals surface area contributed by atoms with Crippen molar-refractivity contribution in [3.05, 3.63) is 121 Å². The van der Waals surface area contributed by atoms with Crippen LogP contribution < -0.4 is 20.7 Å². The molecule has 1 aliphatic rings. The molecular weight excluding hydrogens is 432 g/mol. The molecule has 0 saturated heterocycles. The highest BCUT2D eigenvalue weighted by atomic mass is 32.1. The Morgan fingerprint density at radius 3 is 1.94 bits per heavy atom. The van der Waals surface area contributed by atoms with Gasteiger partial charge in [-0.15, -0.1) is 11.3 Å². The van der Waals surface area contributed by atoms with Gasteiger partial charge in [0.25, 0.3) is 0 Å². The van der Waals surface area contributed by atoms with Crippen LogP contribution in [0.15, 0.2) is 115 Å². The van der Waals surface area contributed by atoms with Crippen molar-refractivity contribution in [1.82, 2.24) is 0 Å². The highest BCUT2D eigenvalue weighted by molar-refractivity contribution is 7.28. The molecule has 0 spiro atoms. The zero-order valence-electron chi connectivity index (χ0n) is 18.4. The Morgan fingerprint density at radius 1 is 0.576 bits per heavy atom. The van der Waals surface area contributed by atoms with Crippen molar-refractivity contribution in [2.75, 3.05) is 0 Å². The maximum Gasteiger partial charge on any atom is 0.180 e. The minimum Gasteiger partial charge on any atom is -0.135 e. The number of benzene rings is 5. The van der Waals surface area contributed by atoms with Gasteiger partial charge < -0.3 is 0 Å². The zero-order valence-corrected chi connectivity index (χ0v) is 20.2. The average Bonchev–Trinajstić information content (AvgIpc) is 3.38. The van der Waals surface area contributed by atoms with Gasteiger partial charge in [-0.05, 0) is 50.4 Å². The highest BCUT2D eigenvalue weighted by Crippen LogP contribution is 2.42. The second-order valence-corrected chi connectivity index (χ2v) is 13.8. The zero-order chi connectivity index (χ0) is 22.0. The Labute approximate surface area is 198 Å². The van der Waals surface area contributed by atoms with E-state index in [1.165, 1.54) is 57.6 Å². The molecule has 2 heteroatoms. The van der Waals surface area contributed by atoms with Crippen molar-refractivity contribution in [3.63, 3.8) is 0 Å². The topological polar surface area (TPSA) is 0 Å². The number of aryl methyl sites for hydroxylation is 1. The van der Waals surface area contributed by atoms with Gasteiger partial charge in [0.2, 0.25) is 0 Å². The standard InChI is InChI=1S/C31H22SSi/c1-21-16-17-24-25-18-19-29-30(31(25)32-27(24)20-21)26-14-8-9-15-28(26)33(29,22-10-4-2-5-11-22)23-12-6-3-7-13-23/h2-20H,1H3. The molecular formula is C31H22SSi. The fourth-order valence-electron chi connectivity index (χ4n) is 5.87. The molecule has 33 heavy (non-hydrogen) atoms. The van der Waals surface area contributed by atoms with Crippen molar-refractivity contribution < 1.29 is 0 Å². The van der Waals surface area contributed by atoms with Crippen molar-refractivity contribution in [2.24, 2.45) is 0 Å². The van der Waals surface area contributed by atoms with E-state index in [1.54, 1.807) is 0 Å². The van der Waals surface area contributed by atoms with Crippen molar-refractivity contribution >= 4 is 60.3 Å². The number of thiophene rings is 1. The maximum absolute atomic E-state index is 2.45. The quantitative estimate of drug-likeness (QED) is 0.293. The first-order valence-electron chi connectivity index (χ1n) is 11.5. The second kappa shape index (κ2) is 7.02. The van der Waals surface area contributed by atoms with Gasteiger partial charge in [0.05, 0.1) is 0 Å². The summed E-state index contributed by atoms with van der Waals surface area (Å²) < 4.78 is 2.82. The predicted molar refractivity (Wildman–Crippen MR) is 147 cm³/mol. The lowest BCUT2D eigenvalue weighted by molar-refractivity contribution is 1.52. The number of hydrogen-bond acceptors (Lipinski definition) is 1. The van der Waals surface area contributed by atoms with E-state index in [2.05, 4.69) is 122 Å². The lowest BCUT2D eigenvalue weighted by Crippen LogP contribution is -2.72. The number of rotatable bonds is 2. The van der Waals surface area contributed by atoms with Crippen LogP contribution >= 0.6 is 11.3 Å². The molecule has 0 atom stereocenters. The SMILES string of the molecule is Cc1ccc2c(c1)sc1c3c(ccc12)[Si](c1ccccc1)(c1ccccc1)c1ccccc1-3. The van der Waals surface area contributed by atoms with E-state index in [0.29, 0.717) is 0 Å². The number of hydrogen-bond donors (Lipinski definition) is 0. The van der Waals surface area contributed by atoms with Crippen LogP contribution in [0.1, 0.15) is 5.56 Å². The first-order valence-corrected chi connectivity index (χ1v) is 14.3. The molecule has 7 rings (SSSR count). The summed E-state index contributed by atoms with van der Waals surface area (Å²) in [6.07, 6.45) is 0. The minimum absolute atomic E-state index is 1.32. The van der Waals surface area contributed by atoms with Crippen LogP contribution in [0.4, 0.5) is 0 Å². The molecule has 0 unspecified atom stereocenters.